The highest BCUT2D eigenvalue weighted by atomic mass is 32.2. The molecule has 1 aliphatic heterocycles. The minimum absolute atomic E-state index is 0.455. The first kappa shape index (κ1) is 23.3. The van der Waals surface area contributed by atoms with Crippen LogP contribution in [0.1, 0.15) is 67.7 Å². The van der Waals surface area contributed by atoms with E-state index < -0.39 is 0 Å². The van der Waals surface area contributed by atoms with E-state index >= 15 is 0 Å². The van der Waals surface area contributed by atoms with Crippen molar-refractivity contribution in [2.24, 2.45) is 13.0 Å². The maximum absolute atomic E-state index is 2.54. The summed E-state index contributed by atoms with van der Waals surface area (Å²) in [7, 11) is 2.23. The summed E-state index contributed by atoms with van der Waals surface area (Å²) < 4.78 is 2.37. The molecule has 0 saturated heterocycles. The Morgan fingerprint density at radius 3 is 2.49 bits per heavy atom. The van der Waals surface area contributed by atoms with E-state index in [1.165, 1.54) is 108 Å². The van der Waals surface area contributed by atoms with Crippen molar-refractivity contribution in [3.05, 3.63) is 77.0 Å². The van der Waals surface area contributed by atoms with Crippen LogP contribution in [0, 0.1) is 19.8 Å². The molecule has 0 bridgehead atoms. The second kappa shape index (κ2) is 8.60. The van der Waals surface area contributed by atoms with E-state index in [1.54, 1.807) is 0 Å². The van der Waals surface area contributed by atoms with Gasteiger partial charge < -0.3 is 0 Å². The van der Waals surface area contributed by atoms with Crippen LogP contribution in [0.25, 0.3) is 43.6 Å². The van der Waals surface area contributed by atoms with E-state index in [1.807, 2.05) is 11.8 Å². The van der Waals surface area contributed by atoms with Gasteiger partial charge in [-0.3, -0.25) is 0 Å². The molecule has 0 radical (unpaired) electrons. The zero-order chi connectivity index (χ0) is 25.4. The first-order valence-corrected chi connectivity index (χ1v) is 14.9. The van der Waals surface area contributed by atoms with Crippen molar-refractivity contribution in [1.29, 1.82) is 0 Å². The number of hydrogen-bond donors (Lipinski definition) is 0. The summed E-state index contributed by atoms with van der Waals surface area (Å²) in [6, 6.07) is 19.0. The molecule has 1 nitrogen and oxygen atoms in total. The van der Waals surface area contributed by atoms with Gasteiger partial charge in [-0.05, 0) is 76.4 Å². The van der Waals surface area contributed by atoms with Gasteiger partial charge in [-0.25, -0.2) is 4.57 Å². The van der Waals surface area contributed by atoms with Crippen molar-refractivity contribution < 1.29 is 4.57 Å². The van der Waals surface area contributed by atoms with Crippen LogP contribution in [-0.2, 0) is 13.5 Å². The quantitative estimate of drug-likeness (QED) is 0.172. The van der Waals surface area contributed by atoms with Crippen molar-refractivity contribution in [3.8, 4) is 11.3 Å². The number of pyridine rings is 1. The second-order valence-electron chi connectivity index (χ2n) is 11.9. The third-order valence-electron chi connectivity index (χ3n) is 9.06. The first-order chi connectivity index (χ1) is 17.9. The summed E-state index contributed by atoms with van der Waals surface area (Å²) >= 11 is 2.02. The number of hydrogen-bond acceptors (Lipinski definition) is 1. The molecule has 186 valence electrons. The van der Waals surface area contributed by atoms with Gasteiger partial charge >= 0.3 is 0 Å². The number of benzene rings is 4. The summed E-state index contributed by atoms with van der Waals surface area (Å²) in [5, 5.41) is 8.54. The summed E-state index contributed by atoms with van der Waals surface area (Å²) in [6.45, 7) is 9.28. The summed E-state index contributed by atoms with van der Waals surface area (Å²) in [6.07, 6.45) is 9.10. The van der Waals surface area contributed by atoms with E-state index in [0.29, 0.717) is 5.92 Å². The number of fused-ring (bicyclic) bond motifs is 5. The lowest BCUT2D eigenvalue weighted by Gasteiger charge is -2.27. The molecule has 2 heteroatoms. The molecule has 0 unspecified atom stereocenters. The average Bonchev–Trinajstić information content (AvgIpc) is 3.39. The van der Waals surface area contributed by atoms with Crippen molar-refractivity contribution in [2.75, 3.05) is 0 Å². The Morgan fingerprint density at radius 1 is 0.892 bits per heavy atom. The molecule has 1 aliphatic carbocycles. The Balaban J connectivity index is 1.58. The van der Waals surface area contributed by atoms with E-state index in [2.05, 4.69) is 94.0 Å². The zero-order valence-electron chi connectivity index (χ0n) is 22.7. The standard InChI is InChI=1S/C35H36NS/c1-20(2)31-26-14-13-21(3)17-28(26)22(4)32-34-33-27(15-16-36(34)5)25-12-8-11-24(18-23-9-6-7-10-23)29(25)19-30(33)37-35(31)32/h8,11-17,19-20,23H,6-7,9-10,18H2,1-5H3/q+1. The highest BCUT2D eigenvalue weighted by Crippen LogP contribution is 2.54. The highest BCUT2D eigenvalue weighted by Gasteiger charge is 2.33. The number of aryl methyl sites for hydroxylation is 3. The Morgan fingerprint density at radius 2 is 1.70 bits per heavy atom. The fourth-order valence-corrected chi connectivity index (χ4v) is 8.78. The Kier molecular flexibility index (Phi) is 5.41. The van der Waals surface area contributed by atoms with Crippen molar-refractivity contribution in [2.45, 2.75) is 75.5 Å². The molecule has 4 aromatic carbocycles. The van der Waals surface area contributed by atoms with Gasteiger partial charge in [0.15, 0.2) is 6.20 Å². The lowest BCUT2D eigenvalue weighted by atomic mass is 9.86. The van der Waals surface area contributed by atoms with E-state index in [-0.39, 0.29) is 0 Å². The van der Waals surface area contributed by atoms with E-state index in [4.69, 9.17) is 0 Å². The molecule has 2 aliphatic rings. The molecule has 2 heterocycles. The maximum atomic E-state index is 2.54. The van der Waals surface area contributed by atoms with E-state index in [9.17, 15) is 0 Å². The van der Waals surface area contributed by atoms with Crippen molar-refractivity contribution in [3.63, 3.8) is 0 Å². The van der Waals surface area contributed by atoms with Crippen LogP contribution < -0.4 is 4.57 Å². The second-order valence-corrected chi connectivity index (χ2v) is 12.9. The molecule has 1 saturated carbocycles. The predicted molar refractivity (Wildman–Crippen MR) is 159 cm³/mol. The van der Waals surface area contributed by atoms with Crippen LogP contribution in [0.2, 0.25) is 0 Å². The molecule has 37 heavy (non-hydrogen) atoms. The molecule has 0 spiro atoms. The normalized spacial score (nSPS) is 15.4. The number of nitrogens with zero attached hydrogens (tertiary/aromatic N) is 1. The Labute approximate surface area is 224 Å². The molecular formula is C35H36NS+. The Bertz CT molecular complexity index is 1740. The SMILES string of the molecule is Cc1ccc2c(C(C)C)c3c(c(C)c2c1)-c1c2c(cc4c(CC5CCCC5)cccc4c2cc[n+]1C)S3. The summed E-state index contributed by atoms with van der Waals surface area (Å²) in [4.78, 5) is 2.89. The smallest absolute Gasteiger partial charge is 0.200 e. The van der Waals surface area contributed by atoms with Gasteiger partial charge in [-0.2, -0.15) is 0 Å². The highest BCUT2D eigenvalue weighted by molar-refractivity contribution is 8.00. The molecule has 1 fully saturated rings. The van der Waals surface area contributed by atoms with Crippen LogP contribution in [0.5, 0.6) is 0 Å². The van der Waals surface area contributed by atoms with Gasteiger partial charge in [0.25, 0.3) is 0 Å². The minimum atomic E-state index is 0.455. The first-order valence-electron chi connectivity index (χ1n) is 14.0. The third-order valence-corrected chi connectivity index (χ3v) is 10.2. The molecule has 7 rings (SSSR count). The molecule has 0 amide bonds. The lowest BCUT2D eigenvalue weighted by Crippen LogP contribution is -2.32. The summed E-state index contributed by atoms with van der Waals surface area (Å²) in [5.74, 6) is 1.30. The van der Waals surface area contributed by atoms with Crippen LogP contribution in [-0.4, -0.2) is 0 Å². The van der Waals surface area contributed by atoms with Crippen LogP contribution >= 0.6 is 11.8 Å². The lowest BCUT2D eigenvalue weighted by molar-refractivity contribution is -0.659. The van der Waals surface area contributed by atoms with E-state index in [0.717, 1.165) is 5.92 Å². The molecular weight excluding hydrogens is 466 g/mol. The number of rotatable bonds is 3. The average molecular weight is 503 g/mol. The van der Waals surface area contributed by atoms with Crippen LogP contribution in [0.3, 0.4) is 0 Å². The minimum Gasteiger partial charge on any atom is -0.200 e. The monoisotopic (exact) mass is 502 g/mol. The molecule has 5 aromatic rings. The number of aromatic nitrogens is 1. The molecule has 1 aromatic heterocycles. The largest absolute Gasteiger partial charge is 0.222 e. The van der Waals surface area contributed by atoms with Gasteiger partial charge in [-0.15, -0.1) is 0 Å². The van der Waals surface area contributed by atoms with Crippen molar-refractivity contribution in [1.82, 2.24) is 0 Å². The molecule has 0 N–H and O–H groups in total. The fourth-order valence-electron chi connectivity index (χ4n) is 7.27. The van der Waals surface area contributed by atoms with Crippen LogP contribution in [0.15, 0.2) is 64.5 Å². The zero-order valence-corrected chi connectivity index (χ0v) is 23.6. The van der Waals surface area contributed by atoms with Gasteiger partial charge in [0, 0.05) is 21.2 Å². The Hall–Kier alpha value is -2.84. The summed E-state index contributed by atoms with van der Waals surface area (Å²) in [5.41, 5.74) is 8.61. The van der Waals surface area contributed by atoms with Gasteiger partial charge in [0.1, 0.15) is 7.05 Å². The van der Waals surface area contributed by atoms with Gasteiger partial charge in [0.05, 0.1) is 10.9 Å². The fraction of sp³-hybridized carbons (Fsp3) is 0.343. The topological polar surface area (TPSA) is 3.88 Å². The molecule has 0 atom stereocenters. The van der Waals surface area contributed by atoms with Gasteiger partial charge in [0.2, 0.25) is 5.69 Å². The third kappa shape index (κ3) is 3.48. The van der Waals surface area contributed by atoms with Crippen LogP contribution in [0.4, 0.5) is 0 Å². The van der Waals surface area contributed by atoms with Gasteiger partial charge in [-0.1, -0.05) is 93.3 Å². The maximum Gasteiger partial charge on any atom is 0.222 e. The predicted octanol–water partition coefficient (Wildman–Crippen LogP) is 9.58. The van der Waals surface area contributed by atoms with Crippen molar-refractivity contribution >= 4 is 44.1 Å².